The zero-order chi connectivity index (χ0) is 9.40. The van der Waals surface area contributed by atoms with Gasteiger partial charge in [0.25, 0.3) is 0 Å². The summed E-state index contributed by atoms with van der Waals surface area (Å²) in [7, 11) is 0. The molecule has 0 aliphatic rings. The number of rotatable bonds is 7. The van der Waals surface area contributed by atoms with Crippen molar-refractivity contribution in [3.63, 3.8) is 0 Å². The summed E-state index contributed by atoms with van der Waals surface area (Å²) in [5, 5.41) is -0.539. The Hall–Kier alpha value is 0.800. The molecule has 0 nitrogen and oxygen atoms in total. The molecule has 0 saturated heterocycles. The van der Waals surface area contributed by atoms with Crippen LogP contribution in [0.15, 0.2) is 0 Å². The van der Waals surface area contributed by atoms with E-state index in [0.29, 0.717) is 12.3 Å². The molecule has 0 rings (SSSR count). The van der Waals surface area contributed by atoms with Crippen LogP contribution in [0.5, 0.6) is 0 Å². The maximum absolute atomic E-state index is 12.3. The molecule has 0 aromatic heterocycles. The van der Waals surface area contributed by atoms with Gasteiger partial charge in [-0.2, -0.15) is 0 Å². The van der Waals surface area contributed by atoms with E-state index in [2.05, 4.69) is 0 Å². The molecule has 2 unspecified atom stereocenters. The topological polar surface area (TPSA) is 0 Å². The minimum absolute atomic E-state index is 0.539. The standard InChI is InChI=1S/C8H14Cl3F/c9-6-4-2-1-3-5-7(10)8(11)12/h7-8H,1-6H2. The van der Waals surface area contributed by atoms with Crippen LogP contribution in [-0.2, 0) is 0 Å². The Morgan fingerprint density at radius 1 is 1.00 bits per heavy atom. The highest BCUT2D eigenvalue weighted by Gasteiger charge is 2.13. The van der Waals surface area contributed by atoms with Crippen molar-refractivity contribution in [3.05, 3.63) is 0 Å². The molecule has 0 amide bonds. The molecular weight excluding hydrogens is 221 g/mol. The molecule has 0 N–H and O–H groups in total. The molecular formula is C8H14Cl3F. The molecule has 0 aliphatic carbocycles. The molecule has 0 bridgehead atoms. The van der Waals surface area contributed by atoms with Crippen molar-refractivity contribution in [2.75, 3.05) is 5.88 Å². The van der Waals surface area contributed by atoms with Crippen molar-refractivity contribution in [3.8, 4) is 0 Å². The molecule has 0 saturated carbocycles. The second kappa shape index (κ2) is 8.40. The lowest BCUT2D eigenvalue weighted by molar-refractivity contribution is 0.409. The lowest BCUT2D eigenvalue weighted by Gasteiger charge is -2.07. The lowest BCUT2D eigenvalue weighted by atomic mass is 10.1. The summed E-state index contributed by atoms with van der Waals surface area (Å²) >= 11 is 16.2. The smallest absolute Gasteiger partial charge is 0.189 e. The van der Waals surface area contributed by atoms with Crippen LogP contribution in [0, 0.1) is 0 Å². The zero-order valence-electron chi connectivity index (χ0n) is 6.91. The number of unbranched alkanes of at least 4 members (excludes halogenated alkanes) is 3. The van der Waals surface area contributed by atoms with Crippen LogP contribution in [0.2, 0.25) is 0 Å². The van der Waals surface area contributed by atoms with Gasteiger partial charge in [-0.15, -0.1) is 23.2 Å². The first-order valence-electron chi connectivity index (χ1n) is 4.16. The van der Waals surface area contributed by atoms with Gasteiger partial charge in [-0.1, -0.05) is 30.9 Å². The molecule has 0 aromatic rings. The number of hydrogen-bond acceptors (Lipinski definition) is 0. The summed E-state index contributed by atoms with van der Waals surface area (Å²) in [5.41, 5.74) is -1.42. The predicted molar refractivity (Wildman–Crippen MR) is 54.2 cm³/mol. The largest absolute Gasteiger partial charge is 0.228 e. The first-order valence-corrected chi connectivity index (χ1v) is 5.57. The van der Waals surface area contributed by atoms with Crippen molar-refractivity contribution >= 4 is 34.8 Å². The summed E-state index contributed by atoms with van der Waals surface area (Å²) in [6, 6.07) is 0. The van der Waals surface area contributed by atoms with Gasteiger partial charge < -0.3 is 0 Å². The number of hydrogen-bond donors (Lipinski definition) is 0. The van der Waals surface area contributed by atoms with Gasteiger partial charge in [0.05, 0.1) is 5.38 Å². The Morgan fingerprint density at radius 3 is 2.08 bits per heavy atom. The van der Waals surface area contributed by atoms with Gasteiger partial charge in [0.15, 0.2) is 5.63 Å². The van der Waals surface area contributed by atoms with Crippen LogP contribution in [0.4, 0.5) is 4.39 Å². The van der Waals surface area contributed by atoms with E-state index in [0.717, 1.165) is 25.7 Å². The first-order chi connectivity index (χ1) is 5.68. The highest BCUT2D eigenvalue weighted by atomic mass is 35.5. The molecule has 74 valence electrons. The quantitative estimate of drug-likeness (QED) is 0.455. The van der Waals surface area contributed by atoms with Crippen LogP contribution in [0.25, 0.3) is 0 Å². The summed E-state index contributed by atoms with van der Waals surface area (Å²) in [6.45, 7) is 0. The maximum Gasteiger partial charge on any atom is 0.189 e. The van der Waals surface area contributed by atoms with E-state index in [9.17, 15) is 4.39 Å². The van der Waals surface area contributed by atoms with Gasteiger partial charge in [0.1, 0.15) is 0 Å². The Kier molecular flexibility index (Phi) is 8.96. The van der Waals surface area contributed by atoms with Gasteiger partial charge in [-0.25, -0.2) is 4.39 Å². The van der Waals surface area contributed by atoms with E-state index in [1.807, 2.05) is 0 Å². The maximum atomic E-state index is 12.3. The third-order valence-corrected chi connectivity index (χ3v) is 2.78. The van der Waals surface area contributed by atoms with Crippen molar-refractivity contribution in [2.45, 2.75) is 43.1 Å². The van der Waals surface area contributed by atoms with Gasteiger partial charge in [-0.3, -0.25) is 0 Å². The monoisotopic (exact) mass is 234 g/mol. The van der Waals surface area contributed by atoms with Gasteiger partial charge in [0, 0.05) is 5.88 Å². The van der Waals surface area contributed by atoms with Crippen LogP contribution in [0.3, 0.4) is 0 Å². The van der Waals surface area contributed by atoms with Gasteiger partial charge in [-0.05, 0) is 12.8 Å². The third-order valence-electron chi connectivity index (χ3n) is 1.64. The molecule has 0 fully saturated rings. The first kappa shape index (κ1) is 12.8. The molecule has 0 aliphatic heterocycles. The fourth-order valence-corrected chi connectivity index (χ4v) is 1.38. The summed E-state index contributed by atoms with van der Waals surface area (Å²) in [6.07, 6.45) is 4.74. The van der Waals surface area contributed by atoms with Crippen LogP contribution in [0.1, 0.15) is 32.1 Å². The SMILES string of the molecule is FC(Cl)C(Cl)CCCCCCCl. The minimum atomic E-state index is -1.42. The predicted octanol–water partition coefficient (Wildman–Crippen LogP) is 4.32. The van der Waals surface area contributed by atoms with Crippen molar-refractivity contribution in [2.24, 2.45) is 0 Å². The van der Waals surface area contributed by atoms with E-state index >= 15 is 0 Å². The second-order valence-corrected chi connectivity index (χ2v) is 4.10. The third kappa shape index (κ3) is 7.45. The Morgan fingerprint density at radius 2 is 1.58 bits per heavy atom. The van der Waals surface area contributed by atoms with E-state index < -0.39 is 11.0 Å². The van der Waals surface area contributed by atoms with E-state index in [1.54, 1.807) is 0 Å². The van der Waals surface area contributed by atoms with Crippen molar-refractivity contribution in [1.29, 1.82) is 0 Å². The highest BCUT2D eigenvalue weighted by molar-refractivity contribution is 6.29. The van der Waals surface area contributed by atoms with E-state index in [-0.39, 0.29) is 0 Å². The summed E-state index contributed by atoms with van der Waals surface area (Å²) in [5.74, 6) is 0.700. The van der Waals surface area contributed by atoms with Crippen molar-refractivity contribution < 1.29 is 4.39 Å². The molecule has 0 spiro atoms. The van der Waals surface area contributed by atoms with Crippen molar-refractivity contribution in [1.82, 2.24) is 0 Å². The highest BCUT2D eigenvalue weighted by Crippen LogP contribution is 2.18. The van der Waals surface area contributed by atoms with E-state index in [4.69, 9.17) is 34.8 Å². The Labute approximate surface area is 88.4 Å². The number of alkyl halides is 4. The van der Waals surface area contributed by atoms with Crippen LogP contribution >= 0.6 is 34.8 Å². The summed E-state index contributed by atoms with van der Waals surface area (Å²) < 4.78 is 12.3. The zero-order valence-corrected chi connectivity index (χ0v) is 9.18. The normalized spacial score (nSPS) is 16.0. The molecule has 12 heavy (non-hydrogen) atoms. The minimum Gasteiger partial charge on any atom is -0.228 e. The average molecular weight is 236 g/mol. The van der Waals surface area contributed by atoms with E-state index in [1.165, 1.54) is 0 Å². The van der Waals surface area contributed by atoms with Crippen LogP contribution in [-0.4, -0.2) is 16.9 Å². The van der Waals surface area contributed by atoms with Gasteiger partial charge >= 0.3 is 0 Å². The van der Waals surface area contributed by atoms with Gasteiger partial charge in [0.2, 0.25) is 0 Å². The molecule has 0 radical (unpaired) electrons. The Bertz CT molecular complexity index is 98.3. The molecule has 4 heteroatoms. The fourth-order valence-electron chi connectivity index (χ4n) is 0.913. The lowest BCUT2D eigenvalue weighted by Crippen LogP contribution is -2.08. The fraction of sp³-hybridized carbons (Fsp3) is 1.00. The number of halogens is 4. The second-order valence-electron chi connectivity index (χ2n) is 2.74. The molecule has 2 atom stereocenters. The molecule has 0 heterocycles. The Balaban J connectivity index is 3.08. The summed E-state index contributed by atoms with van der Waals surface area (Å²) in [4.78, 5) is 0. The average Bonchev–Trinajstić information content (AvgIpc) is 2.03. The van der Waals surface area contributed by atoms with Crippen LogP contribution < -0.4 is 0 Å². The molecule has 0 aromatic carbocycles.